The van der Waals surface area contributed by atoms with Crippen LogP contribution in [0.1, 0.15) is 48.9 Å². The fraction of sp³-hybridized carbons (Fsp3) is 0.375. The van der Waals surface area contributed by atoms with Gasteiger partial charge in [-0.2, -0.15) is 4.31 Å². The average molecular weight is 451 g/mol. The first-order chi connectivity index (χ1) is 15.5. The van der Waals surface area contributed by atoms with Crippen molar-refractivity contribution in [3.8, 4) is 11.3 Å². The highest BCUT2D eigenvalue weighted by Gasteiger charge is 2.28. The Morgan fingerprint density at radius 2 is 1.81 bits per heavy atom. The lowest BCUT2D eigenvalue weighted by molar-refractivity contribution is 0.0952. The van der Waals surface area contributed by atoms with Crippen molar-refractivity contribution < 1.29 is 13.2 Å². The van der Waals surface area contributed by atoms with E-state index in [1.54, 1.807) is 41.0 Å². The molecule has 5 rings (SSSR count). The molecule has 166 valence electrons. The molecule has 2 aromatic heterocycles. The summed E-state index contributed by atoms with van der Waals surface area (Å²) in [4.78, 5) is 22.2. The van der Waals surface area contributed by atoms with Gasteiger partial charge in [0.05, 0.1) is 21.7 Å². The van der Waals surface area contributed by atoms with Gasteiger partial charge in [0.25, 0.3) is 5.91 Å². The molecule has 1 aliphatic carbocycles. The molecule has 0 spiro atoms. The molecule has 1 saturated carbocycles. The maximum Gasteiger partial charge on any atom is 0.252 e. The molecular weight excluding hydrogens is 424 g/mol. The van der Waals surface area contributed by atoms with Crippen molar-refractivity contribution >= 4 is 26.8 Å². The lowest BCUT2D eigenvalue weighted by Gasteiger charge is -2.20. The maximum atomic E-state index is 13.3. The molecule has 3 heterocycles. The van der Waals surface area contributed by atoms with Crippen molar-refractivity contribution in [2.24, 2.45) is 0 Å². The number of carbonyl (C=O) groups excluding carboxylic acids is 1. The van der Waals surface area contributed by atoms with Crippen LogP contribution in [-0.4, -0.2) is 47.7 Å². The van der Waals surface area contributed by atoms with Crippen LogP contribution in [0.4, 0.5) is 0 Å². The Labute approximate surface area is 187 Å². The van der Waals surface area contributed by atoms with E-state index in [1.807, 2.05) is 12.1 Å². The van der Waals surface area contributed by atoms with E-state index >= 15 is 0 Å². The van der Waals surface area contributed by atoms with Gasteiger partial charge in [0.2, 0.25) is 10.0 Å². The zero-order chi connectivity index (χ0) is 22.1. The molecular formula is C24H26N4O3S. The Hall–Kier alpha value is -2.84. The summed E-state index contributed by atoms with van der Waals surface area (Å²) in [7, 11) is -3.63. The molecule has 0 atom stereocenters. The van der Waals surface area contributed by atoms with Crippen LogP contribution >= 0.6 is 0 Å². The van der Waals surface area contributed by atoms with E-state index in [4.69, 9.17) is 4.98 Å². The molecule has 1 N–H and O–H groups in total. The molecule has 0 bridgehead atoms. The third-order valence-corrected chi connectivity index (χ3v) is 7.99. The van der Waals surface area contributed by atoms with Crippen LogP contribution in [0.2, 0.25) is 0 Å². The number of sulfonamides is 1. The number of fused-ring (bicyclic) bond motifs is 1. The summed E-state index contributed by atoms with van der Waals surface area (Å²) in [5.41, 5.74) is 2.46. The Bertz CT molecular complexity index is 1250. The number of hydrogen-bond acceptors (Lipinski definition) is 5. The predicted molar refractivity (Wildman–Crippen MR) is 123 cm³/mol. The Morgan fingerprint density at radius 1 is 1.03 bits per heavy atom. The summed E-state index contributed by atoms with van der Waals surface area (Å²) in [6.45, 7) is 1.07. The zero-order valence-electron chi connectivity index (χ0n) is 17.8. The van der Waals surface area contributed by atoms with Gasteiger partial charge in [-0.1, -0.05) is 12.8 Å². The Kier molecular flexibility index (Phi) is 5.65. The maximum absolute atomic E-state index is 13.3. The van der Waals surface area contributed by atoms with Gasteiger partial charge in [0, 0.05) is 42.5 Å². The number of pyridine rings is 2. The number of nitrogens with zero attached hydrogens (tertiary/aromatic N) is 3. The van der Waals surface area contributed by atoms with E-state index in [1.165, 1.54) is 0 Å². The molecule has 8 heteroatoms. The first-order valence-electron chi connectivity index (χ1n) is 11.2. The minimum Gasteiger partial charge on any atom is -0.349 e. The zero-order valence-corrected chi connectivity index (χ0v) is 18.6. The van der Waals surface area contributed by atoms with Crippen molar-refractivity contribution in [2.75, 3.05) is 13.1 Å². The van der Waals surface area contributed by atoms with Crippen LogP contribution in [0.15, 0.2) is 53.7 Å². The molecule has 1 aromatic carbocycles. The second-order valence-electron chi connectivity index (χ2n) is 8.54. The molecule has 2 fully saturated rings. The first-order valence-corrected chi connectivity index (χ1v) is 12.6. The van der Waals surface area contributed by atoms with Gasteiger partial charge >= 0.3 is 0 Å². The molecule has 3 aromatic rings. The van der Waals surface area contributed by atoms with Gasteiger partial charge in [0.15, 0.2) is 0 Å². The highest BCUT2D eigenvalue weighted by atomic mass is 32.2. The summed E-state index contributed by atoms with van der Waals surface area (Å²) in [5.74, 6) is -0.200. The molecule has 2 aliphatic rings. The van der Waals surface area contributed by atoms with Gasteiger partial charge < -0.3 is 5.32 Å². The number of carbonyl (C=O) groups is 1. The molecule has 1 amide bonds. The third-order valence-electron chi connectivity index (χ3n) is 6.10. The van der Waals surface area contributed by atoms with Gasteiger partial charge in [0.1, 0.15) is 0 Å². The lowest BCUT2D eigenvalue weighted by Crippen LogP contribution is -2.32. The van der Waals surface area contributed by atoms with Crippen molar-refractivity contribution in [2.45, 2.75) is 49.5 Å². The Balaban J connectivity index is 1.61. The number of rotatable bonds is 5. The number of hydrogen-bond donors (Lipinski definition) is 1. The van der Waals surface area contributed by atoms with Crippen molar-refractivity contribution in [3.63, 3.8) is 0 Å². The van der Waals surface area contributed by atoms with Crippen molar-refractivity contribution in [1.29, 1.82) is 0 Å². The SMILES string of the molecule is O=C(NC1CC1)c1cc(-c2cccnc2)nc2ccc(S(=O)(=O)N3CCCCCC3)cc12. The topological polar surface area (TPSA) is 92.3 Å². The quantitative estimate of drug-likeness (QED) is 0.639. The minimum absolute atomic E-state index is 0.191. The van der Waals surface area contributed by atoms with Crippen LogP contribution in [-0.2, 0) is 10.0 Å². The van der Waals surface area contributed by atoms with Crippen LogP contribution < -0.4 is 5.32 Å². The largest absolute Gasteiger partial charge is 0.349 e. The summed E-state index contributed by atoms with van der Waals surface area (Å²) < 4.78 is 28.2. The van der Waals surface area contributed by atoms with E-state index in [0.717, 1.165) is 44.1 Å². The number of amides is 1. The van der Waals surface area contributed by atoms with Crippen LogP contribution in [0.25, 0.3) is 22.2 Å². The van der Waals surface area contributed by atoms with Gasteiger partial charge in [-0.05, 0) is 62.1 Å². The summed E-state index contributed by atoms with van der Waals surface area (Å²) in [6, 6.07) is 10.6. The van der Waals surface area contributed by atoms with Gasteiger partial charge in [-0.15, -0.1) is 0 Å². The standard InChI is InChI=1S/C24H26N4O3S/c29-24(26-18-7-8-18)21-15-23(17-6-5-11-25-16-17)27-22-10-9-19(14-20(21)22)32(30,31)28-12-3-1-2-4-13-28/h5-6,9-11,14-16,18H,1-4,7-8,12-13H2,(H,26,29). The number of aromatic nitrogens is 2. The predicted octanol–water partition coefficient (Wildman–Crippen LogP) is 3.75. The summed E-state index contributed by atoms with van der Waals surface area (Å²) >= 11 is 0. The molecule has 7 nitrogen and oxygen atoms in total. The number of nitrogens with one attached hydrogen (secondary N) is 1. The monoisotopic (exact) mass is 450 g/mol. The van der Waals surface area contributed by atoms with E-state index in [9.17, 15) is 13.2 Å². The van der Waals surface area contributed by atoms with Crippen LogP contribution in [0.3, 0.4) is 0 Å². The Morgan fingerprint density at radius 3 is 2.50 bits per heavy atom. The smallest absolute Gasteiger partial charge is 0.252 e. The van der Waals surface area contributed by atoms with Crippen molar-refractivity contribution in [1.82, 2.24) is 19.6 Å². The fourth-order valence-electron chi connectivity index (χ4n) is 4.14. The van der Waals surface area contributed by atoms with Crippen LogP contribution in [0, 0.1) is 0 Å². The average Bonchev–Trinajstić information content (AvgIpc) is 3.65. The van der Waals surface area contributed by atoms with E-state index in [-0.39, 0.29) is 16.8 Å². The van der Waals surface area contributed by atoms with E-state index < -0.39 is 10.0 Å². The normalized spacial score (nSPS) is 17.8. The second-order valence-corrected chi connectivity index (χ2v) is 10.5. The highest BCUT2D eigenvalue weighted by Crippen LogP contribution is 2.29. The molecule has 1 saturated heterocycles. The van der Waals surface area contributed by atoms with Crippen molar-refractivity contribution in [3.05, 3.63) is 54.4 Å². The molecule has 0 unspecified atom stereocenters. The van der Waals surface area contributed by atoms with Crippen LogP contribution in [0.5, 0.6) is 0 Å². The summed E-state index contributed by atoms with van der Waals surface area (Å²) in [5, 5.41) is 3.58. The molecule has 0 radical (unpaired) electrons. The van der Waals surface area contributed by atoms with Gasteiger partial charge in [-0.25, -0.2) is 13.4 Å². The number of benzene rings is 1. The molecule has 1 aliphatic heterocycles. The molecule has 32 heavy (non-hydrogen) atoms. The highest BCUT2D eigenvalue weighted by molar-refractivity contribution is 7.89. The lowest BCUT2D eigenvalue weighted by atomic mass is 10.0. The minimum atomic E-state index is -3.63. The van der Waals surface area contributed by atoms with E-state index in [0.29, 0.717) is 35.2 Å². The first kappa shape index (κ1) is 21.0. The second kappa shape index (κ2) is 8.60. The third kappa shape index (κ3) is 4.25. The van der Waals surface area contributed by atoms with Gasteiger partial charge in [-0.3, -0.25) is 9.78 Å². The summed E-state index contributed by atoms with van der Waals surface area (Å²) in [6.07, 6.45) is 9.18. The van der Waals surface area contributed by atoms with E-state index in [2.05, 4.69) is 10.3 Å². The fourth-order valence-corrected chi connectivity index (χ4v) is 5.68.